The summed E-state index contributed by atoms with van der Waals surface area (Å²) < 4.78 is 0. The Hall–Kier alpha value is -3.32. The van der Waals surface area contributed by atoms with Gasteiger partial charge in [-0.3, -0.25) is 0 Å². The van der Waals surface area contributed by atoms with Crippen LogP contribution in [0, 0.1) is 0 Å². The van der Waals surface area contributed by atoms with Crippen molar-refractivity contribution in [1.29, 1.82) is 0 Å². The molecule has 0 aliphatic rings. The van der Waals surface area contributed by atoms with Crippen molar-refractivity contribution in [2.24, 2.45) is 0 Å². The number of hydrogen-bond acceptors (Lipinski definition) is 1. The van der Waals surface area contributed by atoms with Gasteiger partial charge in [-0.05, 0) is 46.4 Å². The molecule has 0 spiro atoms. The van der Waals surface area contributed by atoms with Crippen molar-refractivity contribution in [3.05, 3.63) is 121 Å². The van der Waals surface area contributed by atoms with Gasteiger partial charge in [-0.25, -0.2) is 0 Å². The zero-order valence-corrected chi connectivity index (χ0v) is 17.2. The lowest BCUT2D eigenvalue weighted by atomic mass is 9.67. The summed E-state index contributed by atoms with van der Waals surface area (Å²) in [5, 5.41) is 5.86. The number of anilines is 1. The Balaban J connectivity index is 2.23. The quantitative estimate of drug-likeness (QED) is 0.299. The van der Waals surface area contributed by atoms with Crippen LogP contribution in [0.4, 0.5) is 5.69 Å². The van der Waals surface area contributed by atoms with E-state index in [2.05, 4.69) is 85.7 Å². The molecule has 0 fully saturated rings. The van der Waals surface area contributed by atoms with Gasteiger partial charge in [0.05, 0.1) is 0 Å². The second-order valence-corrected chi connectivity index (χ2v) is 7.30. The minimum atomic E-state index is -0.325. The summed E-state index contributed by atoms with van der Waals surface area (Å²) in [6.07, 6.45) is 9.81. The molecule has 1 nitrogen and oxygen atoms in total. The van der Waals surface area contributed by atoms with Crippen molar-refractivity contribution in [2.75, 3.05) is 12.4 Å². The van der Waals surface area contributed by atoms with Gasteiger partial charge >= 0.3 is 0 Å². The lowest BCUT2D eigenvalue weighted by molar-refractivity contribution is 0.536. The maximum Gasteiger partial charge on any atom is 0.0385 e. The Labute approximate surface area is 174 Å². The molecule has 0 bridgehead atoms. The van der Waals surface area contributed by atoms with Crippen LogP contribution in [-0.2, 0) is 5.41 Å². The van der Waals surface area contributed by atoms with Gasteiger partial charge in [0, 0.05) is 18.2 Å². The summed E-state index contributed by atoms with van der Waals surface area (Å²) in [7, 11) is 1.97. The molecule has 0 aliphatic carbocycles. The molecular weight excluding hydrogens is 350 g/mol. The van der Waals surface area contributed by atoms with Crippen molar-refractivity contribution in [3.8, 4) is 0 Å². The maximum atomic E-state index is 4.53. The molecule has 0 saturated heterocycles. The Morgan fingerprint density at radius 3 is 2.21 bits per heavy atom. The van der Waals surface area contributed by atoms with E-state index >= 15 is 0 Å². The first-order valence-electron chi connectivity index (χ1n) is 10.0. The van der Waals surface area contributed by atoms with E-state index in [-0.39, 0.29) is 5.41 Å². The smallest absolute Gasteiger partial charge is 0.0385 e. The average molecular weight is 380 g/mol. The predicted octanol–water partition coefficient (Wildman–Crippen LogP) is 7.54. The van der Waals surface area contributed by atoms with Crippen LogP contribution in [0.5, 0.6) is 0 Å². The van der Waals surface area contributed by atoms with E-state index in [9.17, 15) is 0 Å². The second kappa shape index (κ2) is 9.25. The van der Waals surface area contributed by atoms with Gasteiger partial charge < -0.3 is 5.32 Å². The number of fused-ring (bicyclic) bond motifs is 1. The van der Waals surface area contributed by atoms with Crippen molar-refractivity contribution in [3.63, 3.8) is 0 Å². The third-order valence-electron chi connectivity index (χ3n) is 5.55. The summed E-state index contributed by atoms with van der Waals surface area (Å²) in [6.45, 7) is 12.7. The summed E-state index contributed by atoms with van der Waals surface area (Å²) in [5.41, 5.74) is 4.25. The highest BCUT2D eigenvalue weighted by Crippen LogP contribution is 2.46. The van der Waals surface area contributed by atoms with E-state index in [1.165, 1.54) is 16.3 Å². The first-order chi connectivity index (χ1) is 14.2. The largest absolute Gasteiger partial charge is 0.388 e. The van der Waals surface area contributed by atoms with Crippen molar-refractivity contribution >= 4 is 22.5 Å². The minimum absolute atomic E-state index is 0.325. The van der Waals surface area contributed by atoms with Gasteiger partial charge in [-0.2, -0.15) is 0 Å². The molecule has 3 rings (SSSR count). The first-order valence-corrected chi connectivity index (χ1v) is 10.0. The van der Waals surface area contributed by atoms with E-state index in [0.29, 0.717) is 0 Å². The van der Waals surface area contributed by atoms with Crippen LogP contribution in [0.3, 0.4) is 0 Å². The third-order valence-corrected chi connectivity index (χ3v) is 5.55. The van der Waals surface area contributed by atoms with Gasteiger partial charge in [0.15, 0.2) is 0 Å². The van der Waals surface area contributed by atoms with Crippen LogP contribution in [0.2, 0.25) is 0 Å². The van der Waals surface area contributed by atoms with Gasteiger partial charge in [-0.1, -0.05) is 91.5 Å². The van der Waals surface area contributed by atoms with Crippen LogP contribution < -0.4 is 5.32 Å². The van der Waals surface area contributed by atoms with Crippen LogP contribution in [0.15, 0.2) is 110 Å². The highest BCUT2D eigenvalue weighted by Gasteiger charge is 2.35. The second-order valence-electron chi connectivity index (χ2n) is 7.30. The Kier molecular flexibility index (Phi) is 6.51. The molecule has 146 valence electrons. The molecule has 3 aromatic carbocycles. The summed E-state index contributed by atoms with van der Waals surface area (Å²) in [6, 6.07) is 23.2. The number of benzene rings is 3. The van der Waals surface area contributed by atoms with E-state index in [0.717, 1.165) is 29.7 Å². The van der Waals surface area contributed by atoms with E-state index < -0.39 is 0 Å². The Morgan fingerprint density at radius 1 is 0.897 bits per heavy atom. The van der Waals surface area contributed by atoms with Crippen molar-refractivity contribution in [1.82, 2.24) is 0 Å². The van der Waals surface area contributed by atoms with E-state index in [4.69, 9.17) is 0 Å². The summed E-state index contributed by atoms with van der Waals surface area (Å²) in [4.78, 5) is 0. The standard InChI is InChI=1S/C28H29N/c1-5-20-28(21-6-2,22(3)16-17-23-12-8-7-9-13-23)27-25-15-11-10-14-24(25)18-19-26(27)29-4/h5-19,29H,1-3,20-21H2,4H3/b17-16+. The molecule has 0 atom stereocenters. The molecule has 0 aliphatic heterocycles. The SMILES string of the molecule is C=CCC(CC=C)(C(=C)/C=C/c1ccccc1)c1c(NC)ccc2ccccc12. The molecule has 0 saturated carbocycles. The topological polar surface area (TPSA) is 12.0 Å². The van der Waals surface area contributed by atoms with E-state index in [1.54, 1.807) is 0 Å². The lowest BCUT2D eigenvalue weighted by Gasteiger charge is -2.36. The molecule has 0 unspecified atom stereocenters. The molecule has 3 aromatic rings. The van der Waals surface area contributed by atoms with Crippen LogP contribution >= 0.6 is 0 Å². The minimum Gasteiger partial charge on any atom is -0.388 e. The highest BCUT2D eigenvalue weighted by atomic mass is 14.8. The predicted molar refractivity (Wildman–Crippen MR) is 129 cm³/mol. The van der Waals surface area contributed by atoms with Crippen molar-refractivity contribution < 1.29 is 0 Å². The number of rotatable bonds is 9. The van der Waals surface area contributed by atoms with Gasteiger partial charge in [-0.15, -0.1) is 13.2 Å². The van der Waals surface area contributed by atoms with Gasteiger partial charge in [0.2, 0.25) is 0 Å². The van der Waals surface area contributed by atoms with Crippen molar-refractivity contribution in [2.45, 2.75) is 18.3 Å². The molecule has 0 amide bonds. The van der Waals surface area contributed by atoms with Gasteiger partial charge in [0.25, 0.3) is 0 Å². The first kappa shape index (κ1) is 20.4. The molecule has 0 aromatic heterocycles. The highest BCUT2D eigenvalue weighted by molar-refractivity contribution is 5.92. The summed E-state index contributed by atoms with van der Waals surface area (Å²) in [5.74, 6) is 0. The van der Waals surface area contributed by atoms with Crippen LogP contribution in [0.1, 0.15) is 24.0 Å². The molecule has 0 heterocycles. The fraction of sp³-hybridized carbons (Fsp3) is 0.143. The number of hydrogen-bond donors (Lipinski definition) is 1. The fourth-order valence-electron chi connectivity index (χ4n) is 4.12. The fourth-order valence-corrected chi connectivity index (χ4v) is 4.12. The van der Waals surface area contributed by atoms with Crippen LogP contribution in [-0.4, -0.2) is 7.05 Å². The Bertz CT molecular complexity index is 1030. The van der Waals surface area contributed by atoms with Gasteiger partial charge in [0.1, 0.15) is 0 Å². The van der Waals surface area contributed by atoms with Crippen LogP contribution in [0.25, 0.3) is 16.8 Å². The number of allylic oxidation sites excluding steroid dienone is 4. The number of nitrogens with one attached hydrogen (secondary N) is 1. The molecule has 1 heteroatoms. The maximum absolute atomic E-state index is 4.53. The zero-order chi connectivity index (χ0) is 20.7. The van der Waals surface area contributed by atoms with E-state index in [1.807, 2.05) is 37.4 Å². The summed E-state index contributed by atoms with van der Waals surface area (Å²) >= 11 is 0. The molecule has 1 N–H and O–H groups in total. The Morgan fingerprint density at radius 2 is 1.55 bits per heavy atom. The molecule has 29 heavy (non-hydrogen) atoms. The lowest BCUT2D eigenvalue weighted by Crippen LogP contribution is -2.28. The monoisotopic (exact) mass is 379 g/mol. The average Bonchev–Trinajstić information content (AvgIpc) is 2.77. The normalized spacial score (nSPS) is 11.5. The molecular formula is C28H29N. The third kappa shape index (κ3) is 4.09. The zero-order valence-electron chi connectivity index (χ0n) is 17.2. The molecule has 0 radical (unpaired) electrons.